The van der Waals surface area contributed by atoms with Crippen molar-refractivity contribution in [1.29, 1.82) is 0 Å². The van der Waals surface area contributed by atoms with E-state index in [0.717, 1.165) is 11.9 Å². The molecule has 0 fully saturated rings. The Labute approximate surface area is 112 Å². The molecule has 1 aliphatic rings. The SMILES string of the molecule is CCOC(=O)[C@@H]1Cc2c([nH]c3ccccc23)[C@@H](C)[NH2+]1. The van der Waals surface area contributed by atoms with Crippen molar-refractivity contribution in [3.63, 3.8) is 0 Å². The van der Waals surface area contributed by atoms with Gasteiger partial charge in [0.05, 0.1) is 12.3 Å². The number of H-pyrrole nitrogens is 1. The Hall–Kier alpha value is -1.81. The third-order valence-corrected chi connectivity index (χ3v) is 3.84. The van der Waals surface area contributed by atoms with Gasteiger partial charge >= 0.3 is 5.97 Å². The fraction of sp³-hybridized carbons (Fsp3) is 0.400. The van der Waals surface area contributed by atoms with E-state index in [1.807, 2.05) is 19.1 Å². The van der Waals surface area contributed by atoms with Gasteiger partial charge in [-0.2, -0.15) is 0 Å². The number of para-hydroxylation sites is 1. The number of hydrogen-bond acceptors (Lipinski definition) is 2. The van der Waals surface area contributed by atoms with Gasteiger partial charge in [-0.05, 0) is 25.5 Å². The summed E-state index contributed by atoms with van der Waals surface area (Å²) in [5.74, 6) is -0.106. The Kier molecular flexibility index (Phi) is 3.03. The summed E-state index contributed by atoms with van der Waals surface area (Å²) in [6.07, 6.45) is 0.739. The number of fused-ring (bicyclic) bond motifs is 3. The third-order valence-electron chi connectivity index (χ3n) is 3.84. The number of carbonyl (C=O) groups excluding carboxylic acids is 1. The van der Waals surface area contributed by atoms with E-state index in [-0.39, 0.29) is 18.1 Å². The van der Waals surface area contributed by atoms with Gasteiger partial charge in [0, 0.05) is 17.3 Å². The van der Waals surface area contributed by atoms with E-state index in [9.17, 15) is 4.79 Å². The molecule has 0 spiro atoms. The quantitative estimate of drug-likeness (QED) is 0.798. The second-order valence-electron chi connectivity index (χ2n) is 5.11. The second kappa shape index (κ2) is 4.70. The largest absolute Gasteiger partial charge is 0.462 e. The van der Waals surface area contributed by atoms with E-state index in [1.54, 1.807) is 0 Å². The van der Waals surface area contributed by atoms with Gasteiger partial charge in [-0.25, -0.2) is 4.79 Å². The third kappa shape index (κ3) is 2.02. The zero-order chi connectivity index (χ0) is 13.4. The molecule has 1 aromatic heterocycles. The second-order valence-corrected chi connectivity index (χ2v) is 5.11. The van der Waals surface area contributed by atoms with E-state index < -0.39 is 0 Å². The van der Waals surface area contributed by atoms with Crippen LogP contribution in [0.1, 0.15) is 31.1 Å². The van der Waals surface area contributed by atoms with Gasteiger partial charge in [0.25, 0.3) is 0 Å². The molecule has 0 saturated carbocycles. The number of rotatable bonds is 2. The average Bonchev–Trinajstić information content (AvgIpc) is 2.78. The lowest BCUT2D eigenvalue weighted by atomic mass is 9.95. The number of carbonyl (C=O) groups is 1. The van der Waals surface area contributed by atoms with Crippen LogP contribution >= 0.6 is 0 Å². The molecule has 0 bridgehead atoms. The van der Waals surface area contributed by atoms with Crippen molar-refractivity contribution in [3.05, 3.63) is 35.5 Å². The smallest absolute Gasteiger partial charge is 0.365 e. The zero-order valence-electron chi connectivity index (χ0n) is 11.3. The monoisotopic (exact) mass is 259 g/mol. The Balaban J connectivity index is 2.00. The molecule has 0 radical (unpaired) electrons. The molecule has 0 saturated heterocycles. The fourth-order valence-electron chi connectivity index (χ4n) is 2.97. The molecule has 3 N–H and O–H groups in total. The summed E-state index contributed by atoms with van der Waals surface area (Å²) in [7, 11) is 0. The summed E-state index contributed by atoms with van der Waals surface area (Å²) in [6, 6.07) is 8.40. The van der Waals surface area contributed by atoms with Crippen LogP contribution in [0, 0.1) is 0 Å². The van der Waals surface area contributed by atoms with Crippen LogP contribution in [0.2, 0.25) is 0 Å². The van der Waals surface area contributed by atoms with Crippen molar-refractivity contribution in [1.82, 2.24) is 4.98 Å². The van der Waals surface area contributed by atoms with Gasteiger partial charge < -0.3 is 15.0 Å². The highest BCUT2D eigenvalue weighted by atomic mass is 16.5. The molecule has 3 rings (SSSR count). The topological polar surface area (TPSA) is 58.7 Å². The predicted octanol–water partition coefficient (Wildman–Crippen LogP) is 1.28. The van der Waals surface area contributed by atoms with Crippen LogP contribution in [0.25, 0.3) is 10.9 Å². The highest BCUT2D eigenvalue weighted by Gasteiger charge is 2.35. The minimum Gasteiger partial charge on any atom is -0.462 e. The molecule has 2 atom stereocenters. The molecule has 4 heteroatoms. The fourth-order valence-corrected chi connectivity index (χ4v) is 2.97. The minimum absolute atomic E-state index is 0.106. The Bertz CT molecular complexity index is 618. The maximum Gasteiger partial charge on any atom is 0.365 e. The van der Waals surface area contributed by atoms with Crippen molar-refractivity contribution in [3.8, 4) is 0 Å². The summed E-state index contributed by atoms with van der Waals surface area (Å²) < 4.78 is 5.15. The van der Waals surface area contributed by atoms with Crippen LogP contribution in [0.3, 0.4) is 0 Å². The van der Waals surface area contributed by atoms with Crippen molar-refractivity contribution in [2.75, 3.05) is 6.61 Å². The number of nitrogens with two attached hydrogens (primary N) is 1. The zero-order valence-corrected chi connectivity index (χ0v) is 11.3. The lowest BCUT2D eigenvalue weighted by Gasteiger charge is -2.24. The average molecular weight is 259 g/mol. The van der Waals surface area contributed by atoms with Crippen molar-refractivity contribution < 1.29 is 14.8 Å². The minimum atomic E-state index is -0.123. The molecule has 0 aliphatic carbocycles. The van der Waals surface area contributed by atoms with Gasteiger partial charge in [-0.15, -0.1) is 0 Å². The standard InChI is InChI=1S/C15H18N2O2/c1-3-19-15(18)13-8-11-10-6-4-5-7-12(10)17-14(11)9(2)16-13/h4-7,9,13,16-17H,3,8H2,1-2H3/p+1/t9-,13+/m1/s1. The van der Waals surface area contributed by atoms with Crippen LogP contribution in [-0.4, -0.2) is 23.6 Å². The number of benzene rings is 1. The van der Waals surface area contributed by atoms with E-state index in [2.05, 4.69) is 29.4 Å². The first-order valence-electron chi connectivity index (χ1n) is 6.81. The van der Waals surface area contributed by atoms with Gasteiger partial charge in [-0.3, -0.25) is 0 Å². The molecule has 0 amide bonds. The summed E-state index contributed by atoms with van der Waals surface area (Å²) in [5.41, 5.74) is 3.66. The highest BCUT2D eigenvalue weighted by molar-refractivity contribution is 5.86. The van der Waals surface area contributed by atoms with Crippen LogP contribution in [0.15, 0.2) is 24.3 Å². The number of quaternary nitrogens is 1. The maximum atomic E-state index is 11.9. The van der Waals surface area contributed by atoms with Crippen LogP contribution < -0.4 is 5.32 Å². The Morgan fingerprint density at radius 1 is 1.47 bits per heavy atom. The molecule has 4 nitrogen and oxygen atoms in total. The van der Waals surface area contributed by atoms with E-state index >= 15 is 0 Å². The number of aromatic nitrogens is 1. The number of aromatic amines is 1. The lowest BCUT2D eigenvalue weighted by molar-refractivity contribution is -0.718. The number of nitrogens with one attached hydrogen (secondary N) is 1. The Morgan fingerprint density at radius 2 is 2.26 bits per heavy atom. The summed E-state index contributed by atoms with van der Waals surface area (Å²) in [6.45, 7) is 4.42. The van der Waals surface area contributed by atoms with Gasteiger partial charge in [-0.1, -0.05) is 18.2 Å². The summed E-state index contributed by atoms with van der Waals surface area (Å²) >= 11 is 0. The molecule has 0 unspecified atom stereocenters. The molecule has 2 heterocycles. The van der Waals surface area contributed by atoms with Crippen LogP contribution in [0.4, 0.5) is 0 Å². The van der Waals surface area contributed by atoms with Crippen molar-refractivity contribution in [2.24, 2.45) is 0 Å². The lowest BCUT2D eigenvalue weighted by Crippen LogP contribution is -2.94. The molecule has 1 aliphatic heterocycles. The maximum absolute atomic E-state index is 11.9. The summed E-state index contributed by atoms with van der Waals surface area (Å²) in [4.78, 5) is 15.4. The van der Waals surface area contributed by atoms with E-state index in [1.165, 1.54) is 16.6 Å². The van der Waals surface area contributed by atoms with Gasteiger partial charge in [0.1, 0.15) is 6.04 Å². The van der Waals surface area contributed by atoms with Crippen LogP contribution in [-0.2, 0) is 16.0 Å². The van der Waals surface area contributed by atoms with Gasteiger partial charge in [0.2, 0.25) is 0 Å². The van der Waals surface area contributed by atoms with Crippen molar-refractivity contribution in [2.45, 2.75) is 32.4 Å². The number of ether oxygens (including phenoxy) is 1. The highest BCUT2D eigenvalue weighted by Crippen LogP contribution is 2.28. The Morgan fingerprint density at radius 3 is 3.05 bits per heavy atom. The van der Waals surface area contributed by atoms with Crippen LogP contribution in [0.5, 0.6) is 0 Å². The van der Waals surface area contributed by atoms with E-state index in [0.29, 0.717) is 6.61 Å². The van der Waals surface area contributed by atoms with Crippen molar-refractivity contribution >= 4 is 16.9 Å². The number of hydrogen-bond donors (Lipinski definition) is 2. The first kappa shape index (κ1) is 12.2. The molecular formula is C15H19N2O2+. The molecular weight excluding hydrogens is 240 g/mol. The summed E-state index contributed by atoms with van der Waals surface area (Å²) in [5, 5.41) is 3.32. The van der Waals surface area contributed by atoms with E-state index in [4.69, 9.17) is 4.74 Å². The van der Waals surface area contributed by atoms with Gasteiger partial charge in [0.15, 0.2) is 6.04 Å². The molecule has 2 aromatic rings. The first-order valence-corrected chi connectivity index (χ1v) is 6.81. The first-order chi connectivity index (χ1) is 9.20. The predicted molar refractivity (Wildman–Crippen MR) is 72.8 cm³/mol. The number of esters is 1. The molecule has 19 heavy (non-hydrogen) atoms. The molecule has 100 valence electrons. The molecule has 1 aromatic carbocycles. The normalized spacial score (nSPS) is 22.2.